The number of aromatic nitrogens is 4. The van der Waals surface area contributed by atoms with Gasteiger partial charge in [-0.3, -0.25) is 4.57 Å². The molecule has 0 radical (unpaired) electrons. The van der Waals surface area contributed by atoms with Crippen LogP contribution >= 0.6 is 7.60 Å². The van der Waals surface area contributed by atoms with Gasteiger partial charge in [0.2, 0.25) is 0 Å². The summed E-state index contributed by atoms with van der Waals surface area (Å²) >= 11 is 0. The van der Waals surface area contributed by atoms with Crippen LogP contribution in [0.2, 0.25) is 0 Å². The van der Waals surface area contributed by atoms with E-state index in [1.807, 2.05) is 0 Å². The maximum absolute atomic E-state index is 10.6. The normalized spacial score (nSPS) is 12.5. The first-order valence-electron chi connectivity index (χ1n) is 6.06. The molecule has 2 aromatic heterocycles. The molecule has 10 nitrogen and oxygen atoms in total. The third-order valence-corrected chi connectivity index (χ3v) is 3.07. The Labute approximate surface area is 176 Å². The number of fused-ring (bicyclic) bond motifs is 1. The maximum atomic E-state index is 10.6. The monoisotopic (exact) mass is 361 g/mol. The summed E-state index contributed by atoms with van der Waals surface area (Å²) in [4.78, 5) is 33.1. The first kappa shape index (κ1) is 23.4. The van der Waals surface area contributed by atoms with Crippen molar-refractivity contribution in [3.8, 4) is 0 Å². The summed E-state index contributed by atoms with van der Waals surface area (Å²) in [5, 5.41) is 0. The summed E-state index contributed by atoms with van der Waals surface area (Å²) in [6.07, 6.45) is 1.14. The molecule has 2 rings (SSSR count). The van der Waals surface area contributed by atoms with Crippen molar-refractivity contribution < 1.29 is 82.9 Å². The quantitative estimate of drug-likeness (QED) is 0.374. The molecule has 1 atom stereocenters. The third-order valence-electron chi connectivity index (χ3n) is 2.57. The molecule has 0 aromatic carbocycles. The minimum Gasteiger partial charge on any atom is -0.809 e. The molecule has 0 fully saturated rings. The molecule has 2 aromatic rings. The van der Waals surface area contributed by atoms with Crippen LogP contribution in [0.5, 0.6) is 0 Å². The van der Waals surface area contributed by atoms with E-state index in [2.05, 4.69) is 15.0 Å². The van der Waals surface area contributed by atoms with Crippen LogP contribution in [0.25, 0.3) is 11.2 Å². The zero-order valence-corrected chi connectivity index (χ0v) is 18.1. The van der Waals surface area contributed by atoms with E-state index in [-0.39, 0.29) is 71.5 Å². The van der Waals surface area contributed by atoms with Crippen molar-refractivity contribution >= 4 is 24.6 Å². The Morgan fingerprint density at radius 2 is 2.04 bits per heavy atom. The first-order chi connectivity index (χ1) is 9.92. The molecule has 0 aliphatic heterocycles. The van der Waals surface area contributed by atoms with Crippen molar-refractivity contribution in [1.29, 1.82) is 0 Å². The van der Waals surface area contributed by atoms with Gasteiger partial charge in [-0.15, -0.1) is 0 Å². The third kappa shape index (κ3) is 6.68. The minimum absolute atomic E-state index is 0. The summed E-state index contributed by atoms with van der Waals surface area (Å²) in [6.45, 7) is 1.97. The van der Waals surface area contributed by atoms with E-state index in [1.165, 1.54) is 17.2 Å². The smallest absolute Gasteiger partial charge is 0.809 e. The zero-order valence-electron chi connectivity index (χ0n) is 13.2. The van der Waals surface area contributed by atoms with Gasteiger partial charge in [0.15, 0.2) is 17.7 Å². The number of imidazole rings is 1. The van der Waals surface area contributed by atoms with Crippen LogP contribution in [0.4, 0.5) is 5.82 Å². The first-order valence-corrected chi connectivity index (χ1v) is 7.78. The SMILES string of the molecule is CCO[C@@H](COCP(=O)([O-])[O-])n1cnc2c(N)ncnc21.[Na+].[Na+]. The van der Waals surface area contributed by atoms with Gasteiger partial charge in [-0.05, 0) is 14.5 Å². The van der Waals surface area contributed by atoms with Crippen LogP contribution < -0.4 is 74.6 Å². The van der Waals surface area contributed by atoms with Crippen molar-refractivity contribution in [2.45, 2.75) is 13.2 Å². The van der Waals surface area contributed by atoms with E-state index in [1.54, 1.807) is 6.92 Å². The predicted molar refractivity (Wildman–Crippen MR) is 68.8 cm³/mol. The molecule has 13 heteroatoms. The summed E-state index contributed by atoms with van der Waals surface area (Å²) in [5.41, 5.74) is 6.51. The second-order valence-electron chi connectivity index (χ2n) is 4.10. The Morgan fingerprint density at radius 3 is 2.65 bits per heavy atom. The van der Waals surface area contributed by atoms with Gasteiger partial charge in [-0.2, -0.15) is 0 Å². The summed E-state index contributed by atoms with van der Waals surface area (Å²) in [6, 6.07) is 0. The van der Waals surface area contributed by atoms with E-state index in [0.717, 1.165) is 0 Å². The Hall–Kier alpha value is 0.420. The Bertz CT molecular complexity index is 666. The number of ether oxygens (including phenoxy) is 2. The number of nitrogen functional groups attached to an aromatic ring is 1. The van der Waals surface area contributed by atoms with Crippen LogP contribution in [0.15, 0.2) is 12.7 Å². The van der Waals surface area contributed by atoms with E-state index in [4.69, 9.17) is 15.2 Å². The molecule has 2 N–H and O–H groups in total. The standard InChI is InChI=1S/C10H16N5O5P.2Na/c1-2-20-7(3-19-6-21(16,17)18)15-5-14-8-9(11)12-4-13-10(8)15;;/h4-5,7H,2-3,6H2,1H3,(H2,11,12,13)(H2,16,17,18);;/q;2*+1/p-2/t7-;;/m0../s1. The maximum Gasteiger partial charge on any atom is 1.00 e. The Kier molecular flexibility index (Phi) is 10.6. The number of rotatable bonds is 7. The minimum atomic E-state index is -4.72. The molecule has 0 unspecified atom stereocenters. The average molecular weight is 361 g/mol. The molecule has 0 saturated carbocycles. The molecule has 0 saturated heterocycles. The van der Waals surface area contributed by atoms with Gasteiger partial charge in [-0.1, -0.05) is 0 Å². The van der Waals surface area contributed by atoms with Crippen LogP contribution in [-0.2, 0) is 14.0 Å². The van der Waals surface area contributed by atoms with Gasteiger partial charge in [0.05, 0.1) is 19.3 Å². The van der Waals surface area contributed by atoms with Crippen molar-refractivity contribution in [3.05, 3.63) is 12.7 Å². The van der Waals surface area contributed by atoms with Gasteiger partial charge in [-0.25, -0.2) is 15.0 Å². The largest absolute Gasteiger partial charge is 1.00 e. The number of anilines is 1. The molecule has 0 amide bonds. The van der Waals surface area contributed by atoms with Crippen molar-refractivity contribution in [1.82, 2.24) is 19.5 Å². The molecule has 23 heavy (non-hydrogen) atoms. The summed E-state index contributed by atoms with van der Waals surface area (Å²) in [7, 11) is -4.72. The topological polar surface area (TPSA) is 151 Å². The van der Waals surface area contributed by atoms with Gasteiger partial charge in [0, 0.05) is 6.61 Å². The van der Waals surface area contributed by atoms with E-state index >= 15 is 0 Å². The molecule has 0 spiro atoms. The number of hydrogen-bond donors (Lipinski definition) is 1. The second kappa shape index (κ2) is 10.4. The van der Waals surface area contributed by atoms with Crippen molar-refractivity contribution in [2.24, 2.45) is 0 Å². The summed E-state index contributed by atoms with van der Waals surface area (Å²) < 4.78 is 22.4. The predicted octanol–water partition coefficient (Wildman–Crippen LogP) is -7.16. The molecule has 2 heterocycles. The van der Waals surface area contributed by atoms with Crippen LogP contribution in [-0.4, -0.2) is 39.1 Å². The average Bonchev–Trinajstić information content (AvgIpc) is 2.81. The molecule has 0 aliphatic carbocycles. The molecule has 0 aliphatic rings. The second-order valence-corrected chi connectivity index (χ2v) is 5.58. The molecule has 116 valence electrons. The van der Waals surface area contributed by atoms with Crippen LogP contribution in [0.3, 0.4) is 0 Å². The molecule has 0 bridgehead atoms. The number of nitrogens with zero attached hydrogens (tertiary/aromatic N) is 4. The fraction of sp³-hybridized carbons (Fsp3) is 0.500. The zero-order chi connectivity index (χ0) is 15.5. The van der Waals surface area contributed by atoms with Gasteiger partial charge in [0.25, 0.3) is 0 Å². The van der Waals surface area contributed by atoms with Gasteiger partial charge < -0.3 is 29.6 Å². The van der Waals surface area contributed by atoms with Gasteiger partial charge in [0.1, 0.15) is 11.8 Å². The Balaban J connectivity index is 0.00000242. The summed E-state index contributed by atoms with van der Waals surface area (Å²) in [5.74, 6) is 0.221. The van der Waals surface area contributed by atoms with Crippen LogP contribution in [0.1, 0.15) is 13.2 Å². The van der Waals surface area contributed by atoms with Crippen molar-refractivity contribution in [2.75, 3.05) is 25.3 Å². The van der Waals surface area contributed by atoms with E-state index < -0.39 is 20.2 Å². The fourth-order valence-corrected chi connectivity index (χ4v) is 2.08. The number of nitrogens with two attached hydrogens (primary N) is 1. The molecular weight excluding hydrogens is 347 g/mol. The number of hydrogen-bond acceptors (Lipinski definition) is 9. The molecular formula is C10H14N5Na2O5P. The Morgan fingerprint density at radius 1 is 1.35 bits per heavy atom. The fourth-order valence-electron chi connectivity index (χ4n) is 1.75. The van der Waals surface area contributed by atoms with Gasteiger partial charge >= 0.3 is 59.1 Å². The van der Waals surface area contributed by atoms with Crippen LogP contribution in [0, 0.1) is 0 Å². The van der Waals surface area contributed by atoms with E-state index in [9.17, 15) is 14.4 Å². The van der Waals surface area contributed by atoms with E-state index in [0.29, 0.717) is 17.8 Å². The van der Waals surface area contributed by atoms with Crippen molar-refractivity contribution in [3.63, 3.8) is 0 Å².